The van der Waals surface area contributed by atoms with Gasteiger partial charge in [-0.15, -0.1) is 13.2 Å². The first-order valence-corrected chi connectivity index (χ1v) is 11.6. The number of likely N-dealkylation sites (tertiary alicyclic amines) is 1. The number of hydrogen-bond donors (Lipinski definition) is 1. The Morgan fingerprint density at radius 2 is 1.92 bits per heavy atom. The summed E-state index contributed by atoms with van der Waals surface area (Å²) in [7, 11) is 0. The molecule has 1 atom stereocenters. The molecule has 1 fully saturated rings. The summed E-state index contributed by atoms with van der Waals surface area (Å²) < 4.78 is 58.8. The van der Waals surface area contributed by atoms with E-state index < -0.39 is 11.3 Å². The highest BCUT2D eigenvalue weighted by molar-refractivity contribution is 5.77. The molecule has 37 heavy (non-hydrogen) atoms. The first-order valence-electron chi connectivity index (χ1n) is 11.6. The van der Waals surface area contributed by atoms with E-state index in [-0.39, 0.29) is 48.8 Å². The van der Waals surface area contributed by atoms with Crippen LogP contribution in [0.25, 0.3) is 0 Å². The molecular weight excluding hydrogens is 503 g/mol. The Kier molecular flexibility index (Phi) is 8.33. The third-order valence-electron chi connectivity index (χ3n) is 5.79. The number of carbonyl (C=O) groups excluding carboxylic acids is 1. The highest BCUT2D eigenvalue weighted by Crippen LogP contribution is 2.26. The van der Waals surface area contributed by atoms with Gasteiger partial charge in [-0.2, -0.15) is 0 Å². The molecule has 1 saturated heterocycles. The van der Waals surface area contributed by atoms with E-state index in [1.807, 2.05) is 0 Å². The molecule has 0 saturated carbocycles. The summed E-state index contributed by atoms with van der Waals surface area (Å²) in [6.07, 6.45) is -2.02. The minimum atomic E-state index is -4.73. The smallest absolute Gasteiger partial charge is 0.490 e. The number of hydrogen-bond acceptors (Lipinski definition) is 9. The topological polar surface area (TPSA) is 130 Å². The van der Waals surface area contributed by atoms with Crippen LogP contribution in [-0.4, -0.2) is 83.2 Å². The molecule has 4 rings (SSSR count). The minimum Gasteiger partial charge on any atom is -0.490 e. The number of aromatic nitrogens is 2. The van der Waals surface area contributed by atoms with Crippen molar-refractivity contribution in [2.24, 2.45) is 0 Å². The largest absolute Gasteiger partial charge is 0.573 e. The highest BCUT2D eigenvalue weighted by atomic mass is 19.4. The lowest BCUT2D eigenvalue weighted by atomic mass is 10.1. The predicted molar refractivity (Wildman–Crippen MR) is 120 cm³/mol. The zero-order valence-corrected chi connectivity index (χ0v) is 19.7. The Hall–Kier alpha value is -3.59. The third kappa shape index (κ3) is 7.95. The van der Waals surface area contributed by atoms with Crippen LogP contribution in [0.5, 0.6) is 17.5 Å². The SMILES string of the molecule is O=C(COCCN1CCC(Oc2ccc(OC(F)(F)F)cc2)CC1)N[C@@H]1COc2nc([N+](=O)[O-])cn2C1. The number of nitrogens with zero attached hydrogens (tertiary/aromatic N) is 4. The van der Waals surface area contributed by atoms with Gasteiger partial charge in [0, 0.05) is 24.6 Å². The van der Waals surface area contributed by atoms with Crippen LogP contribution in [0, 0.1) is 10.1 Å². The van der Waals surface area contributed by atoms with E-state index in [9.17, 15) is 28.1 Å². The second-order valence-electron chi connectivity index (χ2n) is 8.60. The molecule has 2 aromatic rings. The van der Waals surface area contributed by atoms with Crippen LogP contribution in [0.3, 0.4) is 0 Å². The van der Waals surface area contributed by atoms with Crippen LogP contribution in [0.1, 0.15) is 12.8 Å². The molecule has 0 spiro atoms. The first kappa shape index (κ1) is 26.5. The number of ether oxygens (including phenoxy) is 4. The van der Waals surface area contributed by atoms with Crippen molar-refractivity contribution in [1.82, 2.24) is 19.8 Å². The van der Waals surface area contributed by atoms with Crippen molar-refractivity contribution in [2.75, 3.05) is 39.5 Å². The molecule has 202 valence electrons. The van der Waals surface area contributed by atoms with Gasteiger partial charge in [0.1, 0.15) is 37.0 Å². The molecule has 2 aliphatic heterocycles. The van der Waals surface area contributed by atoms with Gasteiger partial charge in [-0.1, -0.05) is 0 Å². The number of nitrogens with one attached hydrogen (secondary N) is 1. The fraction of sp³-hybridized carbons (Fsp3) is 0.545. The molecule has 3 heterocycles. The molecule has 15 heteroatoms. The number of benzene rings is 1. The first-order chi connectivity index (χ1) is 17.6. The zero-order chi connectivity index (χ0) is 26.4. The van der Waals surface area contributed by atoms with Crippen molar-refractivity contribution in [1.29, 1.82) is 0 Å². The van der Waals surface area contributed by atoms with Crippen LogP contribution >= 0.6 is 0 Å². The average Bonchev–Trinajstić information content (AvgIpc) is 3.27. The van der Waals surface area contributed by atoms with Crippen molar-refractivity contribution in [2.45, 2.75) is 37.9 Å². The average molecular weight is 529 g/mol. The molecule has 1 aromatic heterocycles. The highest BCUT2D eigenvalue weighted by Gasteiger charge is 2.31. The second-order valence-corrected chi connectivity index (χ2v) is 8.60. The maximum Gasteiger partial charge on any atom is 0.573 e. The number of fused-ring (bicyclic) bond motifs is 1. The van der Waals surface area contributed by atoms with E-state index >= 15 is 0 Å². The Morgan fingerprint density at radius 1 is 1.22 bits per heavy atom. The van der Waals surface area contributed by atoms with Crippen LogP contribution in [0.15, 0.2) is 30.5 Å². The van der Waals surface area contributed by atoms with E-state index in [0.717, 1.165) is 25.9 Å². The number of nitro groups is 1. The Balaban J connectivity index is 1.08. The molecule has 1 aromatic carbocycles. The summed E-state index contributed by atoms with van der Waals surface area (Å²) in [5.74, 6) is -0.442. The van der Waals surface area contributed by atoms with Gasteiger partial charge in [0.25, 0.3) is 0 Å². The number of imidazole rings is 1. The summed E-state index contributed by atoms with van der Waals surface area (Å²) >= 11 is 0. The van der Waals surface area contributed by atoms with Gasteiger partial charge < -0.3 is 39.3 Å². The van der Waals surface area contributed by atoms with Gasteiger partial charge in [-0.05, 0) is 42.0 Å². The Bertz CT molecular complexity index is 1070. The van der Waals surface area contributed by atoms with E-state index in [4.69, 9.17) is 14.2 Å². The van der Waals surface area contributed by atoms with Crippen LogP contribution in [0.4, 0.5) is 19.0 Å². The number of piperidine rings is 1. The Labute approximate surface area is 209 Å². The van der Waals surface area contributed by atoms with E-state index in [1.165, 1.54) is 35.0 Å². The summed E-state index contributed by atoms with van der Waals surface area (Å²) in [4.78, 5) is 28.3. The predicted octanol–water partition coefficient (Wildman–Crippen LogP) is 2.13. The minimum absolute atomic E-state index is 0.0486. The molecule has 1 amide bonds. The second kappa shape index (κ2) is 11.6. The summed E-state index contributed by atoms with van der Waals surface area (Å²) in [6.45, 7) is 2.85. The molecule has 2 aliphatic rings. The molecule has 1 N–H and O–H groups in total. The lowest BCUT2D eigenvalue weighted by Crippen LogP contribution is -2.46. The fourth-order valence-electron chi connectivity index (χ4n) is 4.06. The molecule has 0 aliphatic carbocycles. The van der Waals surface area contributed by atoms with Gasteiger partial charge >= 0.3 is 18.2 Å². The number of amides is 1. The summed E-state index contributed by atoms with van der Waals surface area (Å²) in [5.41, 5.74) is 0. The van der Waals surface area contributed by atoms with Crippen LogP contribution in [-0.2, 0) is 16.1 Å². The monoisotopic (exact) mass is 529 g/mol. The van der Waals surface area contributed by atoms with Crippen molar-refractivity contribution in [3.63, 3.8) is 0 Å². The van der Waals surface area contributed by atoms with E-state index in [0.29, 0.717) is 25.4 Å². The lowest BCUT2D eigenvalue weighted by Gasteiger charge is -2.32. The standard InChI is InChI=1S/C22H26F3N5O7/c23-22(24,25)37-18-3-1-16(2-4-18)36-17-5-7-28(8-6-17)9-10-34-14-20(31)26-15-11-29-12-19(30(32)33)27-21(29)35-13-15/h1-4,12,15,17H,5-11,13-14H2,(H,26,31)/t15-/m0/s1. The van der Waals surface area contributed by atoms with Crippen molar-refractivity contribution in [3.05, 3.63) is 40.6 Å². The Morgan fingerprint density at radius 3 is 2.59 bits per heavy atom. The lowest BCUT2D eigenvalue weighted by molar-refractivity contribution is -0.389. The van der Waals surface area contributed by atoms with Crippen molar-refractivity contribution >= 4 is 11.7 Å². The molecule has 12 nitrogen and oxygen atoms in total. The van der Waals surface area contributed by atoms with Gasteiger partial charge in [0.2, 0.25) is 5.91 Å². The number of halogens is 3. The van der Waals surface area contributed by atoms with Gasteiger partial charge in [0.05, 0.1) is 19.2 Å². The number of rotatable bonds is 10. The van der Waals surface area contributed by atoms with Gasteiger partial charge in [-0.25, -0.2) is 0 Å². The van der Waals surface area contributed by atoms with Crippen LogP contribution < -0.4 is 19.5 Å². The molecular formula is C22H26F3N5O7. The molecule has 0 unspecified atom stereocenters. The van der Waals surface area contributed by atoms with Crippen molar-refractivity contribution < 1.29 is 41.8 Å². The number of alkyl halides is 3. The fourth-order valence-corrected chi connectivity index (χ4v) is 4.06. The molecule has 0 radical (unpaired) electrons. The van der Waals surface area contributed by atoms with E-state index in [2.05, 4.69) is 19.9 Å². The molecule has 0 bridgehead atoms. The summed E-state index contributed by atoms with van der Waals surface area (Å²) in [5, 5.41) is 13.6. The van der Waals surface area contributed by atoms with E-state index in [1.54, 1.807) is 0 Å². The third-order valence-corrected chi connectivity index (χ3v) is 5.79. The van der Waals surface area contributed by atoms with Gasteiger partial charge in [-0.3, -0.25) is 9.36 Å². The van der Waals surface area contributed by atoms with Crippen molar-refractivity contribution in [3.8, 4) is 17.5 Å². The normalized spacial score (nSPS) is 18.5. The quantitative estimate of drug-likeness (QED) is 0.279. The summed E-state index contributed by atoms with van der Waals surface area (Å²) in [6, 6.07) is 5.12. The maximum absolute atomic E-state index is 12.3. The number of carbonyl (C=O) groups is 1. The van der Waals surface area contributed by atoms with Crippen LogP contribution in [0.2, 0.25) is 0 Å². The maximum atomic E-state index is 12.3. The van der Waals surface area contributed by atoms with Gasteiger partial charge in [0.15, 0.2) is 0 Å². The zero-order valence-electron chi connectivity index (χ0n) is 19.7.